The molecule has 1 heterocycles. The van der Waals surface area contributed by atoms with Crippen molar-refractivity contribution < 1.29 is 18.4 Å². The Bertz CT molecular complexity index is 1120. The van der Waals surface area contributed by atoms with Crippen LogP contribution in [0.2, 0.25) is 0 Å². The molecule has 6 nitrogen and oxygen atoms in total. The van der Waals surface area contributed by atoms with Crippen LogP contribution in [0.1, 0.15) is 34.5 Å². The molecule has 1 amide bonds. The number of halogens is 3. The van der Waals surface area contributed by atoms with Gasteiger partial charge in [0.15, 0.2) is 5.78 Å². The van der Waals surface area contributed by atoms with E-state index >= 15 is 0 Å². The number of nitrogens with one attached hydrogen (secondary N) is 2. The van der Waals surface area contributed by atoms with E-state index in [0.717, 1.165) is 12.1 Å². The zero-order valence-electron chi connectivity index (χ0n) is 15.3. The fraction of sp³-hybridized carbons (Fsp3) is 0.150. The molecule has 1 atom stereocenters. The summed E-state index contributed by atoms with van der Waals surface area (Å²) in [5, 5.41) is 3.28. The summed E-state index contributed by atoms with van der Waals surface area (Å²) in [5.74, 6) is -3.54. The molecule has 0 saturated carbocycles. The number of nitrogens with two attached hydrogens (primary N) is 1. The fourth-order valence-electron chi connectivity index (χ4n) is 2.99. The van der Waals surface area contributed by atoms with Crippen molar-refractivity contribution in [3.8, 4) is 0 Å². The molecule has 0 saturated heterocycles. The molecule has 4 N–H and O–H groups in total. The van der Waals surface area contributed by atoms with E-state index in [4.69, 9.17) is 5.73 Å². The number of aromatic nitrogens is 1. The van der Waals surface area contributed by atoms with Crippen molar-refractivity contribution in [2.45, 2.75) is 13.0 Å². The van der Waals surface area contributed by atoms with Crippen molar-refractivity contribution in [3.05, 3.63) is 81.3 Å². The number of hydrogen-bond acceptors (Lipinski definition) is 4. The van der Waals surface area contributed by atoms with Gasteiger partial charge in [-0.3, -0.25) is 14.4 Å². The van der Waals surface area contributed by atoms with Crippen LogP contribution < -0.4 is 16.6 Å². The summed E-state index contributed by atoms with van der Waals surface area (Å²) in [6.07, 6.45) is 1.36. The Labute approximate surface area is 170 Å². The number of pyridine rings is 1. The Morgan fingerprint density at radius 3 is 2.41 bits per heavy atom. The van der Waals surface area contributed by atoms with Gasteiger partial charge in [0, 0.05) is 23.2 Å². The van der Waals surface area contributed by atoms with Crippen LogP contribution >= 0.6 is 12.4 Å². The molecule has 0 radical (unpaired) electrons. The van der Waals surface area contributed by atoms with E-state index in [0.29, 0.717) is 5.39 Å². The van der Waals surface area contributed by atoms with Crippen LogP contribution in [-0.2, 0) is 4.79 Å². The number of aromatic amines is 1. The van der Waals surface area contributed by atoms with E-state index in [2.05, 4.69) is 10.3 Å². The number of H-pyrrole nitrogens is 1. The average molecular weight is 422 g/mol. The summed E-state index contributed by atoms with van der Waals surface area (Å²) in [4.78, 5) is 38.1. The molecule has 3 rings (SSSR count). The Balaban J connectivity index is 0.00000300. The molecule has 0 fully saturated rings. The zero-order chi connectivity index (χ0) is 20.4. The van der Waals surface area contributed by atoms with Crippen molar-refractivity contribution in [2.75, 3.05) is 6.54 Å². The highest BCUT2D eigenvalue weighted by molar-refractivity contribution is 6.16. The predicted molar refractivity (Wildman–Crippen MR) is 107 cm³/mol. The standard InChI is InChI=1S/C20H17F2N3O3.ClH/c1-10(25-9-17(23)26)11-7-15(21)18(16(22)8-11)19(27)13-3-2-4-14-12(13)5-6-24-20(14)28;/h2-8,10,25H,9H2,1H3,(H2,23,26)(H,24,28);1H. The van der Waals surface area contributed by atoms with Crippen molar-refractivity contribution in [1.29, 1.82) is 0 Å². The second-order valence-electron chi connectivity index (χ2n) is 6.33. The van der Waals surface area contributed by atoms with Gasteiger partial charge in [0.2, 0.25) is 5.91 Å². The van der Waals surface area contributed by atoms with Crippen LogP contribution in [0.4, 0.5) is 8.78 Å². The summed E-state index contributed by atoms with van der Waals surface area (Å²) in [6.45, 7) is 1.45. The second-order valence-corrected chi connectivity index (χ2v) is 6.33. The maximum absolute atomic E-state index is 14.6. The first-order valence-corrected chi connectivity index (χ1v) is 8.45. The van der Waals surface area contributed by atoms with Gasteiger partial charge in [0.05, 0.1) is 12.1 Å². The Morgan fingerprint density at radius 1 is 1.14 bits per heavy atom. The van der Waals surface area contributed by atoms with Gasteiger partial charge in [-0.1, -0.05) is 12.1 Å². The third-order valence-electron chi connectivity index (χ3n) is 4.43. The summed E-state index contributed by atoms with van der Waals surface area (Å²) in [7, 11) is 0. The van der Waals surface area contributed by atoms with E-state index < -0.39 is 40.5 Å². The SMILES string of the molecule is CC(NCC(N)=O)c1cc(F)c(C(=O)c2cccc3c(=O)[nH]ccc23)c(F)c1.Cl. The number of hydrogen-bond donors (Lipinski definition) is 3. The highest BCUT2D eigenvalue weighted by Crippen LogP contribution is 2.25. The normalized spacial score (nSPS) is 11.7. The van der Waals surface area contributed by atoms with Crippen LogP contribution in [0.5, 0.6) is 0 Å². The third-order valence-corrected chi connectivity index (χ3v) is 4.43. The van der Waals surface area contributed by atoms with Crippen LogP contribution in [0.15, 0.2) is 47.4 Å². The highest BCUT2D eigenvalue weighted by Gasteiger charge is 2.23. The lowest BCUT2D eigenvalue weighted by atomic mass is 9.95. The van der Waals surface area contributed by atoms with Gasteiger partial charge < -0.3 is 16.0 Å². The lowest BCUT2D eigenvalue weighted by molar-refractivity contribution is -0.117. The van der Waals surface area contributed by atoms with E-state index in [1.54, 1.807) is 6.92 Å². The minimum atomic E-state index is -1.03. The number of ketones is 1. The summed E-state index contributed by atoms with van der Waals surface area (Å²) < 4.78 is 29.3. The van der Waals surface area contributed by atoms with Crippen molar-refractivity contribution in [2.24, 2.45) is 5.73 Å². The molecule has 1 unspecified atom stereocenters. The Kier molecular flexibility index (Phi) is 6.84. The van der Waals surface area contributed by atoms with E-state index in [1.165, 1.54) is 30.5 Å². The number of carbonyl (C=O) groups excluding carboxylic acids is 2. The quantitative estimate of drug-likeness (QED) is 0.532. The number of primary amides is 1. The zero-order valence-corrected chi connectivity index (χ0v) is 16.1. The van der Waals surface area contributed by atoms with Gasteiger partial charge in [-0.25, -0.2) is 8.78 Å². The second kappa shape index (κ2) is 8.93. The lowest BCUT2D eigenvalue weighted by Gasteiger charge is -2.15. The number of amides is 1. The van der Waals surface area contributed by atoms with Crippen LogP contribution in [-0.4, -0.2) is 23.2 Å². The molecular weight excluding hydrogens is 404 g/mol. The first-order valence-electron chi connectivity index (χ1n) is 8.45. The molecule has 152 valence electrons. The minimum Gasteiger partial charge on any atom is -0.369 e. The number of rotatable bonds is 6. The van der Waals surface area contributed by atoms with Gasteiger partial charge in [0.25, 0.3) is 5.56 Å². The van der Waals surface area contributed by atoms with Crippen molar-refractivity contribution >= 4 is 34.9 Å². The topological polar surface area (TPSA) is 105 Å². The molecule has 0 aliphatic rings. The first-order chi connectivity index (χ1) is 13.3. The largest absolute Gasteiger partial charge is 0.369 e. The van der Waals surface area contributed by atoms with Crippen molar-refractivity contribution in [1.82, 2.24) is 10.3 Å². The number of fused-ring (bicyclic) bond motifs is 1. The number of carbonyl (C=O) groups is 2. The molecule has 0 bridgehead atoms. The molecular formula is C20H18ClF2N3O3. The van der Waals surface area contributed by atoms with Gasteiger partial charge in [-0.15, -0.1) is 12.4 Å². The number of benzene rings is 2. The van der Waals surface area contributed by atoms with Crippen LogP contribution in [0, 0.1) is 11.6 Å². The fourth-order valence-corrected chi connectivity index (χ4v) is 2.99. The molecule has 2 aromatic carbocycles. The molecule has 0 aliphatic heterocycles. The van der Waals surface area contributed by atoms with Crippen molar-refractivity contribution in [3.63, 3.8) is 0 Å². The maximum atomic E-state index is 14.6. The van der Waals surface area contributed by atoms with E-state index in [1.807, 2.05) is 0 Å². The monoisotopic (exact) mass is 421 g/mol. The minimum absolute atomic E-state index is 0. The Hall–Kier alpha value is -3.10. The molecule has 29 heavy (non-hydrogen) atoms. The third kappa shape index (κ3) is 4.49. The Morgan fingerprint density at radius 2 is 1.79 bits per heavy atom. The molecule has 0 spiro atoms. The first kappa shape index (κ1) is 22.2. The highest BCUT2D eigenvalue weighted by atomic mass is 35.5. The van der Waals surface area contributed by atoms with Gasteiger partial charge >= 0.3 is 0 Å². The van der Waals surface area contributed by atoms with Crippen LogP contribution in [0.25, 0.3) is 10.8 Å². The van der Waals surface area contributed by atoms with E-state index in [-0.39, 0.29) is 35.5 Å². The summed E-state index contributed by atoms with van der Waals surface area (Å²) >= 11 is 0. The van der Waals surface area contributed by atoms with Gasteiger partial charge in [-0.05, 0) is 42.1 Å². The average Bonchev–Trinajstić information content (AvgIpc) is 2.65. The molecule has 1 aromatic heterocycles. The summed E-state index contributed by atoms with van der Waals surface area (Å²) in [6, 6.07) is 7.42. The van der Waals surface area contributed by atoms with E-state index in [9.17, 15) is 23.2 Å². The molecule has 9 heteroatoms. The van der Waals surface area contributed by atoms with Gasteiger partial charge in [-0.2, -0.15) is 0 Å². The predicted octanol–water partition coefficient (Wildman–Crippen LogP) is 2.60. The smallest absolute Gasteiger partial charge is 0.255 e. The van der Waals surface area contributed by atoms with Crippen LogP contribution in [0.3, 0.4) is 0 Å². The molecule has 3 aromatic rings. The van der Waals surface area contributed by atoms with Gasteiger partial charge in [0.1, 0.15) is 11.6 Å². The summed E-state index contributed by atoms with van der Waals surface area (Å²) in [5.41, 5.74) is 4.18. The molecule has 0 aliphatic carbocycles. The maximum Gasteiger partial charge on any atom is 0.255 e. The lowest BCUT2D eigenvalue weighted by Crippen LogP contribution is -2.30.